The van der Waals surface area contributed by atoms with Gasteiger partial charge in [-0.15, -0.1) is 0 Å². The molecule has 0 bridgehead atoms. The minimum Gasteiger partial charge on any atom is -0.351 e. The molecule has 1 saturated heterocycles. The second-order valence-electron chi connectivity index (χ2n) is 8.39. The maximum absolute atomic E-state index is 13.1. The molecule has 0 spiro atoms. The number of hydrogen-bond acceptors (Lipinski definition) is 3. The summed E-state index contributed by atoms with van der Waals surface area (Å²) in [5, 5.41) is 2.86. The Morgan fingerprint density at radius 2 is 1.72 bits per heavy atom. The molecule has 1 fully saturated rings. The minimum absolute atomic E-state index is 0.00336. The standard InChI is InChI=1S/C22H27FN2O3S/c1-22(2,3)17-8-6-16(7-9-17)15-24-21(26)20-5-4-14-25(20)29(27,28)19-12-10-18(23)11-13-19/h6-13,20H,4-5,14-15H2,1-3H3,(H,24,26)/t20-/m0/s1. The summed E-state index contributed by atoms with van der Waals surface area (Å²) in [5.41, 5.74) is 2.22. The van der Waals surface area contributed by atoms with E-state index in [1.807, 2.05) is 24.3 Å². The molecule has 3 rings (SSSR count). The molecular weight excluding hydrogens is 391 g/mol. The highest BCUT2D eigenvalue weighted by molar-refractivity contribution is 7.89. The van der Waals surface area contributed by atoms with Crippen molar-refractivity contribution in [3.05, 3.63) is 65.5 Å². The molecule has 0 saturated carbocycles. The van der Waals surface area contributed by atoms with Crippen LogP contribution in [0.5, 0.6) is 0 Å². The van der Waals surface area contributed by atoms with Gasteiger partial charge in [0.1, 0.15) is 11.9 Å². The van der Waals surface area contributed by atoms with Crippen molar-refractivity contribution >= 4 is 15.9 Å². The number of rotatable bonds is 5. The van der Waals surface area contributed by atoms with Gasteiger partial charge in [-0.05, 0) is 53.6 Å². The van der Waals surface area contributed by atoms with Gasteiger partial charge in [0.25, 0.3) is 0 Å². The third-order valence-corrected chi connectivity index (χ3v) is 7.14. The van der Waals surface area contributed by atoms with E-state index in [0.29, 0.717) is 19.4 Å². The van der Waals surface area contributed by atoms with Crippen molar-refractivity contribution in [2.75, 3.05) is 6.54 Å². The molecule has 0 aromatic heterocycles. The Balaban J connectivity index is 1.68. The van der Waals surface area contributed by atoms with Crippen LogP contribution in [-0.2, 0) is 26.8 Å². The number of amides is 1. The first-order chi connectivity index (χ1) is 13.6. The van der Waals surface area contributed by atoms with Crippen molar-refractivity contribution in [2.24, 2.45) is 0 Å². The Morgan fingerprint density at radius 3 is 2.31 bits per heavy atom. The number of carbonyl (C=O) groups excluding carboxylic acids is 1. The van der Waals surface area contributed by atoms with Crippen LogP contribution in [0.3, 0.4) is 0 Å². The molecule has 1 aliphatic heterocycles. The molecule has 156 valence electrons. The summed E-state index contributed by atoms with van der Waals surface area (Å²) in [7, 11) is -3.85. The first-order valence-electron chi connectivity index (χ1n) is 9.73. The monoisotopic (exact) mass is 418 g/mol. The van der Waals surface area contributed by atoms with Crippen molar-refractivity contribution in [3.8, 4) is 0 Å². The van der Waals surface area contributed by atoms with Crippen LogP contribution in [-0.4, -0.2) is 31.2 Å². The lowest BCUT2D eigenvalue weighted by atomic mass is 9.87. The number of halogens is 1. The van der Waals surface area contributed by atoms with Gasteiger partial charge in [0.2, 0.25) is 15.9 Å². The van der Waals surface area contributed by atoms with Crippen LogP contribution in [0.4, 0.5) is 4.39 Å². The number of benzene rings is 2. The summed E-state index contributed by atoms with van der Waals surface area (Å²) in [6.45, 7) is 7.03. The molecule has 1 atom stereocenters. The molecule has 29 heavy (non-hydrogen) atoms. The van der Waals surface area contributed by atoms with Gasteiger partial charge in [0.05, 0.1) is 4.90 Å². The summed E-state index contributed by atoms with van der Waals surface area (Å²) in [5.74, 6) is -0.815. The highest BCUT2D eigenvalue weighted by Crippen LogP contribution is 2.27. The number of hydrogen-bond donors (Lipinski definition) is 1. The number of nitrogens with zero attached hydrogens (tertiary/aromatic N) is 1. The van der Waals surface area contributed by atoms with Crippen LogP contribution < -0.4 is 5.32 Å². The van der Waals surface area contributed by atoms with Gasteiger partial charge in [-0.1, -0.05) is 45.0 Å². The van der Waals surface area contributed by atoms with E-state index in [1.165, 1.54) is 22.0 Å². The average Bonchev–Trinajstić information content (AvgIpc) is 3.17. The van der Waals surface area contributed by atoms with Gasteiger partial charge in [0.15, 0.2) is 0 Å². The molecule has 5 nitrogen and oxygen atoms in total. The normalized spacial score (nSPS) is 18.0. The molecule has 7 heteroatoms. The van der Waals surface area contributed by atoms with Crippen LogP contribution in [0, 0.1) is 5.82 Å². The minimum atomic E-state index is -3.85. The van der Waals surface area contributed by atoms with Crippen LogP contribution in [0.25, 0.3) is 0 Å². The van der Waals surface area contributed by atoms with Gasteiger partial charge >= 0.3 is 0 Å². The topological polar surface area (TPSA) is 66.5 Å². The predicted octanol–water partition coefficient (Wildman–Crippen LogP) is 3.59. The fraction of sp³-hybridized carbons (Fsp3) is 0.409. The highest BCUT2D eigenvalue weighted by Gasteiger charge is 2.39. The van der Waals surface area contributed by atoms with E-state index in [0.717, 1.165) is 17.7 Å². The van der Waals surface area contributed by atoms with E-state index in [-0.39, 0.29) is 22.8 Å². The molecule has 2 aromatic carbocycles. The molecule has 0 unspecified atom stereocenters. The molecule has 1 aliphatic rings. The second-order valence-corrected chi connectivity index (χ2v) is 10.3. The molecule has 0 aliphatic carbocycles. The average molecular weight is 419 g/mol. The van der Waals surface area contributed by atoms with Crippen LogP contribution in [0.1, 0.15) is 44.7 Å². The Bertz CT molecular complexity index is 965. The molecule has 2 aromatic rings. The van der Waals surface area contributed by atoms with Gasteiger partial charge in [-0.3, -0.25) is 4.79 Å². The lowest BCUT2D eigenvalue weighted by molar-refractivity contribution is -0.124. The molecular formula is C22H27FN2O3S. The van der Waals surface area contributed by atoms with E-state index < -0.39 is 21.9 Å². The van der Waals surface area contributed by atoms with E-state index in [9.17, 15) is 17.6 Å². The van der Waals surface area contributed by atoms with Crippen molar-refractivity contribution in [1.82, 2.24) is 9.62 Å². The predicted molar refractivity (Wildman–Crippen MR) is 110 cm³/mol. The maximum Gasteiger partial charge on any atom is 0.243 e. The molecule has 0 radical (unpaired) electrons. The third-order valence-electron chi connectivity index (χ3n) is 5.21. The number of sulfonamides is 1. The fourth-order valence-corrected chi connectivity index (χ4v) is 5.12. The zero-order chi connectivity index (χ0) is 21.2. The van der Waals surface area contributed by atoms with Gasteiger partial charge in [-0.2, -0.15) is 4.31 Å². The second kappa shape index (κ2) is 8.24. The Hall–Kier alpha value is -2.25. The maximum atomic E-state index is 13.1. The van der Waals surface area contributed by atoms with E-state index in [4.69, 9.17) is 0 Å². The molecule has 1 amide bonds. The summed E-state index contributed by atoms with van der Waals surface area (Å²) in [4.78, 5) is 12.7. The van der Waals surface area contributed by atoms with Crippen molar-refractivity contribution in [3.63, 3.8) is 0 Å². The highest BCUT2D eigenvalue weighted by atomic mass is 32.2. The summed E-state index contributed by atoms with van der Waals surface area (Å²) >= 11 is 0. The SMILES string of the molecule is CC(C)(C)c1ccc(CNC(=O)[C@@H]2CCCN2S(=O)(=O)c2ccc(F)cc2)cc1. The Morgan fingerprint density at radius 1 is 1.10 bits per heavy atom. The van der Waals surface area contributed by atoms with Crippen molar-refractivity contribution < 1.29 is 17.6 Å². The Kier molecular flexibility index (Phi) is 6.10. The smallest absolute Gasteiger partial charge is 0.243 e. The first kappa shape index (κ1) is 21.5. The van der Waals surface area contributed by atoms with Crippen LogP contribution in [0.15, 0.2) is 53.4 Å². The van der Waals surface area contributed by atoms with Crippen molar-refractivity contribution in [2.45, 2.75) is 56.5 Å². The largest absolute Gasteiger partial charge is 0.351 e. The number of nitrogens with one attached hydrogen (secondary N) is 1. The van der Waals surface area contributed by atoms with Gasteiger partial charge in [0, 0.05) is 13.1 Å². The van der Waals surface area contributed by atoms with E-state index in [1.54, 1.807) is 0 Å². The zero-order valence-corrected chi connectivity index (χ0v) is 17.8. The van der Waals surface area contributed by atoms with Crippen molar-refractivity contribution in [1.29, 1.82) is 0 Å². The Labute approximate surface area is 172 Å². The number of carbonyl (C=O) groups is 1. The summed E-state index contributed by atoms with van der Waals surface area (Å²) in [6, 6.07) is 12.0. The van der Waals surface area contributed by atoms with E-state index >= 15 is 0 Å². The first-order valence-corrected chi connectivity index (χ1v) is 11.2. The molecule has 1 N–H and O–H groups in total. The quantitative estimate of drug-likeness (QED) is 0.807. The summed E-state index contributed by atoms with van der Waals surface area (Å²) < 4.78 is 40.1. The lowest BCUT2D eigenvalue weighted by Crippen LogP contribution is -2.45. The zero-order valence-electron chi connectivity index (χ0n) is 17.0. The lowest BCUT2D eigenvalue weighted by Gasteiger charge is -2.23. The third kappa shape index (κ3) is 4.85. The van der Waals surface area contributed by atoms with E-state index in [2.05, 4.69) is 26.1 Å². The van der Waals surface area contributed by atoms with Gasteiger partial charge in [-0.25, -0.2) is 12.8 Å². The fourth-order valence-electron chi connectivity index (χ4n) is 3.46. The van der Waals surface area contributed by atoms with Gasteiger partial charge < -0.3 is 5.32 Å². The van der Waals surface area contributed by atoms with Crippen LogP contribution >= 0.6 is 0 Å². The molecule has 1 heterocycles. The van der Waals surface area contributed by atoms with Crippen LogP contribution in [0.2, 0.25) is 0 Å². The summed E-state index contributed by atoms with van der Waals surface area (Å²) in [6.07, 6.45) is 1.08.